The van der Waals surface area contributed by atoms with E-state index in [1.807, 2.05) is 42.5 Å². The second kappa shape index (κ2) is 8.15. The number of pyridine rings is 1. The minimum absolute atomic E-state index is 0.430. The average Bonchev–Trinajstić information content (AvgIpc) is 3.21. The van der Waals surface area contributed by atoms with E-state index in [2.05, 4.69) is 69.3 Å². The van der Waals surface area contributed by atoms with Gasteiger partial charge in [0.15, 0.2) is 11.4 Å². The molecule has 0 radical (unpaired) electrons. The number of nitrogens with zero attached hydrogens (tertiary/aromatic N) is 2. The molecule has 2 heterocycles. The fraction of sp³-hybridized carbons (Fsp3) is 0.226. The molecule has 0 atom stereocenters. The zero-order valence-electron chi connectivity index (χ0n) is 20.7. The maximum atomic E-state index is 7.77. The Balaban J connectivity index is 1.92. The van der Waals surface area contributed by atoms with Crippen molar-refractivity contribution < 1.29 is 8.98 Å². The van der Waals surface area contributed by atoms with E-state index in [-0.39, 0.29) is 0 Å². The average molecular weight is 446 g/mol. The van der Waals surface area contributed by atoms with Crippen LogP contribution in [0.5, 0.6) is 0 Å². The number of rotatable bonds is 3. The maximum Gasteiger partial charge on any atom is 0.216 e. The maximum absolute atomic E-state index is 7.77. The zero-order valence-corrected chi connectivity index (χ0v) is 20.7. The molecule has 0 aliphatic rings. The summed E-state index contributed by atoms with van der Waals surface area (Å²) >= 11 is 0. The minimum Gasteiger partial charge on any atom is -0.456 e. The molecule has 0 aliphatic carbocycles. The Morgan fingerprint density at radius 1 is 0.853 bits per heavy atom. The van der Waals surface area contributed by atoms with E-state index in [0.29, 0.717) is 11.6 Å². The first-order chi connectivity index (χ1) is 16.3. The molecule has 0 spiro atoms. The number of hydrogen-bond donors (Lipinski definition) is 0. The number of aryl methyl sites for hydroxylation is 1. The largest absolute Gasteiger partial charge is 0.456 e. The van der Waals surface area contributed by atoms with E-state index in [4.69, 9.17) is 11.0 Å². The lowest BCUT2D eigenvalue weighted by molar-refractivity contribution is -0.667. The van der Waals surface area contributed by atoms with Crippen molar-refractivity contribution in [1.82, 2.24) is 0 Å². The monoisotopic (exact) mass is 445 g/mol. The molecule has 3 aromatic carbocycles. The number of hydrogen-bond acceptors (Lipinski definition) is 1. The highest BCUT2D eigenvalue weighted by Gasteiger charge is 2.26. The fourth-order valence-corrected chi connectivity index (χ4v) is 5.12. The SMILES string of the molecule is [C-]#[N+]c1ccc2c(oc3c(-c4cc(C(C)C)c(C)c(C)[n+]4C)c(C)ccc32)c1-c1ccccc1. The first-order valence-corrected chi connectivity index (χ1v) is 11.8. The summed E-state index contributed by atoms with van der Waals surface area (Å²) in [4.78, 5) is 3.82. The standard InChI is InChI=1S/C31H29N2O/c1-18(2)25-17-27(33(7)21(5)20(25)4)28-19(3)13-14-23-24-15-16-26(32-6)29(31(24)34-30(23)28)22-11-9-8-10-12-22/h8-18H,1-5,7H3/q+1. The fourth-order valence-electron chi connectivity index (χ4n) is 5.12. The Morgan fingerprint density at radius 2 is 1.50 bits per heavy atom. The summed E-state index contributed by atoms with van der Waals surface area (Å²) in [6, 6.07) is 20.7. The smallest absolute Gasteiger partial charge is 0.216 e. The quantitative estimate of drug-likeness (QED) is 0.202. The molecule has 0 fully saturated rings. The van der Waals surface area contributed by atoms with Crippen LogP contribution in [0.2, 0.25) is 0 Å². The molecule has 3 nitrogen and oxygen atoms in total. The summed E-state index contributed by atoms with van der Waals surface area (Å²) < 4.78 is 8.99. The van der Waals surface area contributed by atoms with Gasteiger partial charge in [0.25, 0.3) is 0 Å². The molecule has 168 valence electrons. The van der Waals surface area contributed by atoms with Gasteiger partial charge in [-0.3, -0.25) is 0 Å². The van der Waals surface area contributed by atoms with Crippen LogP contribution in [0.3, 0.4) is 0 Å². The van der Waals surface area contributed by atoms with Gasteiger partial charge in [0, 0.05) is 34.9 Å². The number of aromatic nitrogens is 1. The van der Waals surface area contributed by atoms with E-state index in [9.17, 15) is 0 Å². The molecule has 3 heteroatoms. The predicted octanol–water partition coefficient (Wildman–Crippen LogP) is 8.34. The van der Waals surface area contributed by atoms with Gasteiger partial charge in [0.1, 0.15) is 18.2 Å². The normalized spacial score (nSPS) is 11.5. The van der Waals surface area contributed by atoms with Crippen LogP contribution in [0.1, 0.15) is 42.1 Å². The molecule has 5 rings (SSSR count). The van der Waals surface area contributed by atoms with E-state index >= 15 is 0 Å². The highest BCUT2D eigenvalue weighted by Crippen LogP contribution is 2.44. The highest BCUT2D eigenvalue weighted by atomic mass is 16.3. The van der Waals surface area contributed by atoms with Crippen molar-refractivity contribution >= 4 is 27.6 Å². The Bertz CT molecular complexity index is 1620. The topological polar surface area (TPSA) is 21.4 Å². The van der Waals surface area contributed by atoms with Gasteiger partial charge in [-0.2, -0.15) is 4.57 Å². The summed E-state index contributed by atoms with van der Waals surface area (Å²) in [5, 5.41) is 2.12. The lowest BCUT2D eigenvalue weighted by Gasteiger charge is -2.14. The molecule has 0 aliphatic heterocycles. The van der Waals surface area contributed by atoms with Crippen molar-refractivity contribution in [3.63, 3.8) is 0 Å². The molecule has 0 bridgehead atoms. The lowest BCUT2D eigenvalue weighted by atomic mass is 9.93. The molecule has 0 saturated heterocycles. The van der Waals surface area contributed by atoms with Crippen LogP contribution in [-0.4, -0.2) is 0 Å². The van der Waals surface area contributed by atoms with Crippen LogP contribution in [0.25, 0.3) is 49.2 Å². The van der Waals surface area contributed by atoms with Crippen molar-refractivity contribution in [3.8, 4) is 22.4 Å². The third-order valence-corrected chi connectivity index (χ3v) is 7.19. The lowest BCUT2D eigenvalue weighted by Crippen LogP contribution is -2.36. The summed E-state index contributed by atoms with van der Waals surface area (Å²) in [6.07, 6.45) is 0. The number of benzene rings is 3. The van der Waals surface area contributed by atoms with Crippen LogP contribution in [0.15, 0.2) is 65.1 Å². The second-order valence-electron chi connectivity index (χ2n) is 9.46. The molecular weight excluding hydrogens is 416 g/mol. The zero-order chi connectivity index (χ0) is 24.1. The van der Waals surface area contributed by atoms with E-state index in [1.54, 1.807) is 0 Å². The molecule has 0 N–H and O–H groups in total. The van der Waals surface area contributed by atoms with Gasteiger partial charge in [0.2, 0.25) is 5.69 Å². The third kappa shape index (κ3) is 3.22. The van der Waals surface area contributed by atoms with Crippen LogP contribution < -0.4 is 4.57 Å². The third-order valence-electron chi connectivity index (χ3n) is 7.19. The number of furan rings is 1. The molecule has 0 amide bonds. The minimum atomic E-state index is 0.430. The van der Waals surface area contributed by atoms with Gasteiger partial charge in [-0.1, -0.05) is 68.4 Å². The molecule has 0 saturated carbocycles. The molecule has 0 unspecified atom stereocenters. The van der Waals surface area contributed by atoms with Gasteiger partial charge in [-0.05, 0) is 36.5 Å². The van der Waals surface area contributed by atoms with Gasteiger partial charge >= 0.3 is 0 Å². The van der Waals surface area contributed by atoms with Crippen molar-refractivity contribution in [2.45, 2.75) is 40.5 Å². The van der Waals surface area contributed by atoms with Gasteiger partial charge in [0.05, 0.1) is 12.1 Å². The highest BCUT2D eigenvalue weighted by molar-refractivity contribution is 6.15. The van der Waals surface area contributed by atoms with Gasteiger partial charge < -0.3 is 4.42 Å². The van der Waals surface area contributed by atoms with Crippen LogP contribution in [-0.2, 0) is 7.05 Å². The van der Waals surface area contributed by atoms with E-state index in [1.165, 1.54) is 22.4 Å². The summed E-state index contributed by atoms with van der Waals surface area (Å²) in [7, 11) is 2.13. The van der Waals surface area contributed by atoms with Crippen LogP contribution in [0, 0.1) is 27.3 Å². The first-order valence-electron chi connectivity index (χ1n) is 11.8. The Kier molecular flexibility index (Phi) is 5.25. The summed E-state index contributed by atoms with van der Waals surface area (Å²) in [5.41, 5.74) is 11.5. The summed E-state index contributed by atoms with van der Waals surface area (Å²) in [5.74, 6) is 0.430. The molecule has 34 heavy (non-hydrogen) atoms. The molecular formula is C31H29N2O+. The molecule has 5 aromatic rings. The second-order valence-corrected chi connectivity index (χ2v) is 9.46. The number of fused-ring (bicyclic) bond motifs is 3. The Hall–Kier alpha value is -3.90. The predicted molar refractivity (Wildman–Crippen MR) is 140 cm³/mol. The van der Waals surface area contributed by atoms with Gasteiger partial charge in [-0.15, -0.1) is 0 Å². The van der Waals surface area contributed by atoms with Crippen molar-refractivity contribution in [1.29, 1.82) is 0 Å². The Morgan fingerprint density at radius 3 is 2.15 bits per heavy atom. The van der Waals surface area contributed by atoms with E-state index in [0.717, 1.165) is 44.3 Å². The van der Waals surface area contributed by atoms with Crippen molar-refractivity contribution in [2.24, 2.45) is 7.05 Å². The van der Waals surface area contributed by atoms with E-state index < -0.39 is 0 Å². The van der Waals surface area contributed by atoms with Crippen LogP contribution in [0.4, 0.5) is 5.69 Å². The van der Waals surface area contributed by atoms with Crippen molar-refractivity contribution in [2.75, 3.05) is 0 Å². The summed E-state index contributed by atoms with van der Waals surface area (Å²) in [6.45, 7) is 18.8. The first kappa shape index (κ1) is 21.9. The van der Waals surface area contributed by atoms with Gasteiger partial charge in [-0.25, -0.2) is 4.85 Å². The van der Waals surface area contributed by atoms with Crippen molar-refractivity contribution in [3.05, 3.63) is 94.5 Å². The molecule has 2 aromatic heterocycles. The Labute approximate surface area is 201 Å². The van der Waals surface area contributed by atoms with Crippen LogP contribution >= 0.6 is 0 Å².